The number of hydrogen-bond donors (Lipinski definition) is 2. The molecule has 2 N–H and O–H groups in total. The van der Waals surface area contributed by atoms with Crippen LogP contribution in [-0.2, 0) is 17.8 Å². The number of amides is 3. The summed E-state index contributed by atoms with van der Waals surface area (Å²) < 4.78 is 20.7. The van der Waals surface area contributed by atoms with Crippen LogP contribution in [0.4, 0.5) is 14.9 Å². The molecule has 3 aromatic carbocycles. The van der Waals surface area contributed by atoms with Crippen LogP contribution in [0.2, 0.25) is 0 Å². The van der Waals surface area contributed by atoms with Gasteiger partial charge in [-0.25, -0.2) is 9.18 Å². The molecule has 0 spiro atoms. The first kappa shape index (κ1) is 23.8. The lowest BCUT2D eigenvalue weighted by Crippen LogP contribution is -2.37. The first-order valence-electron chi connectivity index (χ1n) is 12.2. The number of ether oxygens (including phenoxy) is 1. The number of nitrogens with one attached hydrogen (secondary N) is 2. The molecule has 1 atom stereocenters. The van der Waals surface area contributed by atoms with Crippen LogP contribution in [0.5, 0.6) is 5.75 Å². The maximum absolute atomic E-state index is 14.5. The molecule has 7 nitrogen and oxygen atoms in total. The molecule has 2 aliphatic rings. The molecule has 36 heavy (non-hydrogen) atoms. The van der Waals surface area contributed by atoms with Gasteiger partial charge in [-0.15, -0.1) is 0 Å². The Labute approximate surface area is 209 Å². The van der Waals surface area contributed by atoms with Gasteiger partial charge in [0.15, 0.2) is 0 Å². The van der Waals surface area contributed by atoms with E-state index in [1.165, 1.54) is 6.07 Å². The molecule has 3 amide bonds. The van der Waals surface area contributed by atoms with Gasteiger partial charge in [-0.1, -0.05) is 48.5 Å². The van der Waals surface area contributed by atoms with E-state index >= 15 is 0 Å². The van der Waals surface area contributed by atoms with Gasteiger partial charge < -0.3 is 15.4 Å². The van der Waals surface area contributed by atoms with Gasteiger partial charge in [0.1, 0.15) is 17.7 Å². The van der Waals surface area contributed by atoms with Gasteiger partial charge in [0, 0.05) is 56.1 Å². The minimum Gasteiger partial charge on any atom is -0.484 e. The van der Waals surface area contributed by atoms with Gasteiger partial charge in [-0.2, -0.15) is 0 Å². The van der Waals surface area contributed by atoms with Crippen molar-refractivity contribution in [3.63, 3.8) is 0 Å². The van der Waals surface area contributed by atoms with E-state index in [4.69, 9.17) is 4.74 Å². The van der Waals surface area contributed by atoms with Crippen molar-refractivity contribution in [1.82, 2.24) is 15.5 Å². The summed E-state index contributed by atoms with van der Waals surface area (Å²) in [5.74, 6) is 0.400. The van der Waals surface area contributed by atoms with Crippen molar-refractivity contribution in [3.05, 3.63) is 95.3 Å². The molecule has 3 aromatic rings. The third-order valence-electron chi connectivity index (χ3n) is 6.53. The highest BCUT2D eigenvalue weighted by Gasteiger charge is 2.26. The first-order valence-corrected chi connectivity index (χ1v) is 12.2. The molecule has 5 rings (SSSR count). The molecule has 1 fully saturated rings. The van der Waals surface area contributed by atoms with Gasteiger partial charge in [0.2, 0.25) is 5.91 Å². The second-order valence-electron chi connectivity index (χ2n) is 9.05. The van der Waals surface area contributed by atoms with E-state index in [0.717, 1.165) is 22.6 Å². The maximum Gasteiger partial charge on any atom is 0.321 e. The Bertz CT molecular complexity index is 1230. The quantitative estimate of drug-likeness (QED) is 0.533. The van der Waals surface area contributed by atoms with Crippen molar-refractivity contribution in [3.8, 4) is 5.75 Å². The largest absolute Gasteiger partial charge is 0.484 e. The van der Waals surface area contributed by atoms with Crippen molar-refractivity contribution >= 4 is 17.6 Å². The molecule has 0 bridgehead atoms. The van der Waals surface area contributed by atoms with E-state index in [1.807, 2.05) is 54.6 Å². The van der Waals surface area contributed by atoms with Gasteiger partial charge in [0.25, 0.3) is 0 Å². The summed E-state index contributed by atoms with van der Waals surface area (Å²) in [5.41, 5.74) is 3.27. The highest BCUT2D eigenvalue weighted by atomic mass is 19.1. The topological polar surface area (TPSA) is 73.9 Å². The number of benzene rings is 3. The smallest absolute Gasteiger partial charge is 0.321 e. The standard InChI is InChI=1S/C28H29FN4O3/c29-24-7-3-2-6-23(24)26-19-32(18-21-5-1-4-8-25(21)36-26)15-13-30-27(34)17-20-9-11-22(12-10-20)33-16-14-31-28(33)35/h1-12,26H,13-19H2,(H,30,34)(H,31,35)/t26-/m1/s1. The fraction of sp³-hybridized carbons (Fsp3) is 0.286. The van der Waals surface area contributed by atoms with Gasteiger partial charge in [0.05, 0.1) is 6.42 Å². The summed E-state index contributed by atoms with van der Waals surface area (Å²) in [5, 5.41) is 5.78. The minimum absolute atomic E-state index is 0.0706. The van der Waals surface area contributed by atoms with E-state index in [1.54, 1.807) is 17.0 Å². The lowest BCUT2D eigenvalue weighted by molar-refractivity contribution is -0.120. The average molecular weight is 489 g/mol. The summed E-state index contributed by atoms with van der Waals surface area (Å²) in [6.07, 6.45) is -0.183. The zero-order chi connectivity index (χ0) is 24.9. The summed E-state index contributed by atoms with van der Waals surface area (Å²) in [6.45, 7) is 3.52. The van der Waals surface area contributed by atoms with Crippen molar-refractivity contribution in [2.24, 2.45) is 0 Å². The number of carbonyl (C=O) groups excluding carboxylic acids is 2. The lowest BCUT2D eigenvalue weighted by atomic mass is 10.1. The second kappa shape index (κ2) is 10.8. The molecular weight excluding hydrogens is 459 g/mol. The highest BCUT2D eigenvalue weighted by molar-refractivity contribution is 5.94. The molecule has 0 saturated carbocycles. The van der Waals surface area contributed by atoms with E-state index in [9.17, 15) is 14.0 Å². The highest BCUT2D eigenvalue weighted by Crippen LogP contribution is 2.31. The van der Waals surface area contributed by atoms with Crippen LogP contribution in [0.1, 0.15) is 22.8 Å². The third kappa shape index (κ3) is 5.49. The summed E-state index contributed by atoms with van der Waals surface area (Å²) in [7, 11) is 0. The van der Waals surface area contributed by atoms with Crippen LogP contribution < -0.4 is 20.3 Å². The van der Waals surface area contributed by atoms with E-state index in [-0.39, 0.29) is 24.2 Å². The normalized spacial score (nSPS) is 17.6. The predicted octanol–water partition coefficient (Wildman–Crippen LogP) is 3.65. The minimum atomic E-state index is -0.443. The Kier molecular flexibility index (Phi) is 7.13. The van der Waals surface area contributed by atoms with Crippen LogP contribution in [0.25, 0.3) is 0 Å². The van der Waals surface area contributed by atoms with Gasteiger partial charge in [-0.05, 0) is 29.8 Å². The predicted molar refractivity (Wildman–Crippen MR) is 135 cm³/mol. The molecule has 2 heterocycles. The van der Waals surface area contributed by atoms with Crippen molar-refractivity contribution < 1.29 is 18.7 Å². The molecule has 0 aromatic heterocycles. The lowest BCUT2D eigenvalue weighted by Gasteiger charge is -2.24. The molecule has 0 unspecified atom stereocenters. The molecule has 0 aliphatic carbocycles. The number of fused-ring (bicyclic) bond motifs is 1. The van der Waals surface area contributed by atoms with Gasteiger partial charge in [-0.3, -0.25) is 14.6 Å². The van der Waals surface area contributed by atoms with Gasteiger partial charge >= 0.3 is 6.03 Å². The van der Waals surface area contributed by atoms with E-state index in [2.05, 4.69) is 15.5 Å². The van der Waals surface area contributed by atoms with Crippen LogP contribution in [-0.4, -0.2) is 49.6 Å². The zero-order valence-corrected chi connectivity index (χ0v) is 20.0. The summed E-state index contributed by atoms with van der Waals surface area (Å²) in [4.78, 5) is 28.2. The number of hydrogen-bond acceptors (Lipinski definition) is 4. The van der Waals surface area contributed by atoms with Crippen LogP contribution in [0.15, 0.2) is 72.8 Å². The Morgan fingerprint density at radius 3 is 2.61 bits per heavy atom. The number of carbonyl (C=O) groups is 2. The number of urea groups is 1. The fourth-order valence-corrected chi connectivity index (χ4v) is 4.66. The second-order valence-corrected chi connectivity index (χ2v) is 9.05. The van der Waals surface area contributed by atoms with Crippen molar-refractivity contribution in [2.45, 2.75) is 19.1 Å². The Balaban J connectivity index is 1.17. The maximum atomic E-state index is 14.5. The number of halogens is 1. The van der Waals surface area contributed by atoms with Crippen molar-refractivity contribution in [1.29, 1.82) is 0 Å². The fourth-order valence-electron chi connectivity index (χ4n) is 4.66. The van der Waals surface area contributed by atoms with E-state index < -0.39 is 6.10 Å². The third-order valence-corrected chi connectivity index (χ3v) is 6.53. The van der Waals surface area contributed by atoms with Crippen LogP contribution in [0.3, 0.4) is 0 Å². The molecule has 8 heteroatoms. The van der Waals surface area contributed by atoms with E-state index in [0.29, 0.717) is 44.8 Å². The van der Waals surface area contributed by atoms with Crippen LogP contribution >= 0.6 is 0 Å². The number of para-hydroxylation sites is 1. The Morgan fingerprint density at radius 2 is 1.83 bits per heavy atom. The number of rotatable bonds is 7. The SMILES string of the molecule is O=C(Cc1ccc(N2CCNC2=O)cc1)NCCN1Cc2ccccc2O[C@@H](c2ccccc2F)C1. The number of anilines is 1. The summed E-state index contributed by atoms with van der Waals surface area (Å²) in [6, 6.07) is 21.9. The monoisotopic (exact) mass is 488 g/mol. The molecular formula is C28H29FN4O3. The number of nitrogens with zero attached hydrogens (tertiary/aromatic N) is 2. The zero-order valence-electron chi connectivity index (χ0n) is 20.0. The average Bonchev–Trinajstić information content (AvgIpc) is 3.21. The Hall–Kier alpha value is -3.91. The Morgan fingerprint density at radius 1 is 1.06 bits per heavy atom. The molecule has 2 aliphatic heterocycles. The van der Waals surface area contributed by atoms with Crippen LogP contribution in [0, 0.1) is 5.82 Å². The molecule has 186 valence electrons. The summed E-state index contributed by atoms with van der Waals surface area (Å²) >= 11 is 0. The van der Waals surface area contributed by atoms with Crippen molar-refractivity contribution in [2.75, 3.05) is 37.6 Å². The first-order chi connectivity index (χ1) is 17.6. The molecule has 1 saturated heterocycles. The molecule has 0 radical (unpaired) electrons.